The number of hydrogen-bond acceptors (Lipinski definition) is 3. The Labute approximate surface area is 165 Å². The maximum Gasteiger partial charge on any atom is 0.264 e. The van der Waals surface area contributed by atoms with Crippen molar-refractivity contribution in [2.45, 2.75) is 43.9 Å². The fraction of sp³-hybridized carbons (Fsp3) is 0.364. The molecule has 1 aromatic heterocycles. The summed E-state index contributed by atoms with van der Waals surface area (Å²) < 4.78 is 29.9. The summed E-state index contributed by atoms with van der Waals surface area (Å²) in [5.74, 6) is 0.931. The molecule has 0 N–H and O–H groups in total. The molecule has 1 aliphatic carbocycles. The number of fused-ring (bicyclic) bond motifs is 1. The summed E-state index contributed by atoms with van der Waals surface area (Å²) in [6, 6.07) is 17.1. The van der Waals surface area contributed by atoms with Gasteiger partial charge in [0, 0.05) is 11.2 Å². The van der Waals surface area contributed by atoms with Crippen molar-refractivity contribution in [3.05, 3.63) is 60.2 Å². The van der Waals surface area contributed by atoms with Crippen LogP contribution in [0.4, 0.5) is 5.00 Å². The van der Waals surface area contributed by atoms with Gasteiger partial charge in [0.1, 0.15) is 5.00 Å². The van der Waals surface area contributed by atoms with Gasteiger partial charge in [-0.2, -0.15) is 0 Å². The van der Waals surface area contributed by atoms with E-state index in [4.69, 9.17) is 0 Å². The minimum Gasteiger partial charge on any atom is -0.257 e. The van der Waals surface area contributed by atoms with Crippen LogP contribution in [0.5, 0.6) is 0 Å². The molecular weight excluding hydrogens is 374 g/mol. The van der Waals surface area contributed by atoms with E-state index in [1.54, 1.807) is 39.9 Å². The van der Waals surface area contributed by atoms with Crippen molar-refractivity contribution < 1.29 is 8.42 Å². The molecule has 1 heterocycles. The van der Waals surface area contributed by atoms with Crippen LogP contribution in [-0.2, 0) is 10.0 Å². The topological polar surface area (TPSA) is 37.4 Å². The number of anilines is 1. The van der Waals surface area contributed by atoms with Crippen molar-refractivity contribution in [1.82, 2.24) is 0 Å². The molecule has 0 spiro atoms. The molecule has 1 saturated carbocycles. The van der Waals surface area contributed by atoms with E-state index >= 15 is 0 Å². The van der Waals surface area contributed by atoms with Gasteiger partial charge in [0.2, 0.25) is 0 Å². The third-order valence-electron chi connectivity index (χ3n) is 5.19. The molecule has 0 aliphatic heterocycles. The van der Waals surface area contributed by atoms with Crippen LogP contribution in [0.1, 0.15) is 44.6 Å². The molecule has 0 saturated heterocycles. The van der Waals surface area contributed by atoms with Gasteiger partial charge < -0.3 is 0 Å². The zero-order chi connectivity index (χ0) is 19.0. The van der Waals surface area contributed by atoms with Gasteiger partial charge in [-0.05, 0) is 47.4 Å². The third-order valence-corrected chi connectivity index (χ3v) is 8.33. The van der Waals surface area contributed by atoms with Gasteiger partial charge in [0.05, 0.1) is 4.90 Å². The van der Waals surface area contributed by atoms with E-state index in [2.05, 4.69) is 26.0 Å². The Balaban J connectivity index is 1.86. The second-order valence-corrected chi connectivity index (χ2v) is 10.5. The lowest BCUT2D eigenvalue weighted by Gasteiger charge is -2.25. The smallest absolute Gasteiger partial charge is 0.257 e. The van der Waals surface area contributed by atoms with E-state index in [1.807, 2.05) is 18.2 Å². The highest BCUT2D eigenvalue weighted by atomic mass is 32.2. The highest BCUT2D eigenvalue weighted by molar-refractivity contribution is 7.93. The lowest BCUT2D eigenvalue weighted by Crippen LogP contribution is -2.32. The fourth-order valence-corrected chi connectivity index (χ4v) is 6.67. The van der Waals surface area contributed by atoms with Gasteiger partial charge in [0.25, 0.3) is 10.0 Å². The highest BCUT2D eigenvalue weighted by Crippen LogP contribution is 2.44. The van der Waals surface area contributed by atoms with E-state index in [9.17, 15) is 8.42 Å². The van der Waals surface area contributed by atoms with Crippen LogP contribution < -0.4 is 4.31 Å². The number of nitrogens with zero attached hydrogens (tertiary/aromatic N) is 1. The van der Waals surface area contributed by atoms with Crippen molar-refractivity contribution in [2.24, 2.45) is 5.92 Å². The quantitative estimate of drug-likeness (QED) is 0.487. The first-order valence-electron chi connectivity index (χ1n) is 9.57. The zero-order valence-corrected chi connectivity index (χ0v) is 17.4. The standard InChI is InChI=1S/C22H25NO2S2/c1-16(2)21-19-10-6-7-11-20(19)26-22(21)23(15-14-17-12-13-17)27(24,25)18-8-4-3-5-9-18/h3-11,16-17H,12-15H2,1-2H3. The van der Waals surface area contributed by atoms with Gasteiger partial charge in [-0.3, -0.25) is 4.31 Å². The largest absolute Gasteiger partial charge is 0.264 e. The monoisotopic (exact) mass is 399 g/mol. The van der Waals surface area contributed by atoms with Crippen LogP contribution in [0.3, 0.4) is 0 Å². The summed E-state index contributed by atoms with van der Waals surface area (Å²) >= 11 is 1.60. The first-order valence-corrected chi connectivity index (χ1v) is 11.8. The second-order valence-electron chi connectivity index (χ2n) is 7.59. The highest BCUT2D eigenvalue weighted by Gasteiger charge is 2.32. The summed E-state index contributed by atoms with van der Waals surface area (Å²) in [5.41, 5.74) is 1.14. The molecule has 0 bridgehead atoms. The molecule has 142 valence electrons. The molecular formula is C22H25NO2S2. The molecule has 4 rings (SSSR count). The Morgan fingerprint density at radius 1 is 1.04 bits per heavy atom. The molecule has 27 heavy (non-hydrogen) atoms. The van der Waals surface area contributed by atoms with Gasteiger partial charge in [0.15, 0.2) is 0 Å². The summed E-state index contributed by atoms with van der Waals surface area (Å²) in [7, 11) is -3.58. The summed E-state index contributed by atoms with van der Waals surface area (Å²) in [4.78, 5) is 0.368. The van der Waals surface area contributed by atoms with Gasteiger partial charge in [-0.25, -0.2) is 8.42 Å². The number of rotatable bonds is 7. The molecule has 1 fully saturated rings. The van der Waals surface area contributed by atoms with Gasteiger partial charge >= 0.3 is 0 Å². The van der Waals surface area contributed by atoms with Crippen molar-refractivity contribution in [3.63, 3.8) is 0 Å². The normalized spacial score (nSPS) is 14.8. The van der Waals surface area contributed by atoms with Crippen LogP contribution >= 0.6 is 11.3 Å². The SMILES string of the molecule is CC(C)c1c(N(CCC2CC2)S(=O)(=O)c2ccccc2)sc2ccccc12. The first-order chi connectivity index (χ1) is 13.0. The Morgan fingerprint density at radius 2 is 1.70 bits per heavy atom. The van der Waals surface area contributed by atoms with Crippen LogP contribution in [0, 0.1) is 5.92 Å². The molecule has 0 unspecified atom stereocenters. The van der Waals surface area contributed by atoms with Gasteiger partial charge in [-0.1, -0.05) is 63.1 Å². The van der Waals surface area contributed by atoms with Crippen LogP contribution in [0.25, 0.3) is 10.1 Å². The average molecular weight is 400 g/mol. The molecule has 2 aromatic carbocycles. The Bertz CT molecular complexity index is 1030. The molecule has 0 amide bonds. The van der Waals surface area contributed by atoms with Crippen molar-refractivity contribution in [2.75, 3.05) is 10.8 Å². The summed E-state index contributed by atoms with van der Waals surface area (Å²) in [6.07, 6.45) is 3.38. The lowest BCUT2D eigenvalue weighted by molar-refractivity contribution is 0.587. The maximum absolute atomic E-state index is 13.5. The molecule has 1 aliphatic rings. The van der Waals surface area contributed by atoms with E-state index in [-0.39, 0.29) is 5.92 Å². The Hall–Kier alpha value is -1.85. The van der Waals surface area contributed by atoms with Gasteiger partial charge in [-0.15, -0.1) is 11.3 Å². The molecule has 0 atom stereocenters. The predicted molar refractivity (Wildman–Crippen MR) is 114 cm³/mol. The van der Waals surface area contributed by atoms with E-state index in [1.165, 1.54) is 18.2 Å². The first kappa shape index (κ1) is 18.5. The predicted octanol–water partition coefficient (Wildman–Crippen LogP) is 6.02. The van der Waals surface area contributed by atoms with Crippen molar-refractivity contribution >= 4 is 36.4 Å². The number of hydrogen-bond donors (Lipinski definition) is 0. The Morgan fingerprint density at radius 3 is 2.37 bits per heavy atom. The zero-order valence-electron chi connectivity index (χ0n) is 15.8. The number of benzene rings is 2. The average Bonchev–Trinajstić information content (AvgIpc) is 3.40. The van der Waals surface area contributed by atoms with Crippen molar-refractivity contribution in [1.29, 1.82) is 0 Å². The minimum atomic E-state index is -3.58. The van der Waals surface area contributed by atoms with Crippen LogP contribution in [0.15, 0.2) is 59.5 Å². The maximum atomic E-state index is 13.5. The van der Waals surface area contributed by atoms with E-state index < -0.39 is 10.0 Å². The number of thiophene rings is 1. The second kappa shape index (κ2) is 7.28. The lowest BCUT2D eigenvalue weighted by atomic mass is 10.0. The third kappa shape index (κ3) is 3.63. The van der Waals surface area contributed by atoms with Crippen LogP contribution in [-0.4, -0.2) is 15.0 Å². The molecule has 3 nitrogen and oxygen atoms in total. The van der Waals surface area contributed by atoms with Crippen molar-refractivity contribution in [3.8, 4) is 0 Å². The van der Waals surface area contributed by atoms with Crippen LogP contribution in [0.2, 0.25) is 0 Å². The Kier molecular flexibility index (Phi) is 4.99. The fourth-order valence-electron chi connectivity index (χ4n) is 3.55. The molecule has 0 radical (unpaired) electrons. The molecule has 3 aromatic rings. The van der Waals surface area contributed by atoms with E-state index in [0.717, 1.165) is 21.7 Å². The summed E-state index contributed by atoms with van der Waals surface area (Å²) in [6.45, 7) is 4.84. The molecule has 5 heteroatoms. The minimum absolute atomic E-state index is 0.255. The summed E-state index contributed by atoms with van der Waals surface area (Å²) in [5, 5.41) is 2.06. The van der Waals surface area contributed by atoms with E-state index in [0.29, 0.717) is 17.4 Å². The number of sulfonamides is 1.